The highest BCUT2D eigenvalue weighted by molar-refractivity contribution is 5.94. The monoisotopic (exact) mass is 501 g/mol. The second-order valence-electron chi connectivity index (χ2n) is 11.0. The molecule has 5 N–H and O–H groups in total. The van der Waals surface area contributed by atoms with Crippen LogP contribution in [0.2, 0.25) is 0 Å². The van der Waals surface area contributed by atoms with Crippen LogP contribution in [0, 0.1) is 5.41 Å². The average molecular weight is 502 g/mol. The van der Waals surface area contributed by atoms with Crippen LogP contribution in [0.15, 0.2) is 24.3 Å². The number of carbonyl (C=O) groups excluding carboxylic acids is 3. The Morgan fingerprint density at radius 2 is 1.86 bits per heavy atom. The maximum Gasteiger partial charge on any atom is 0.407 e. The number of hydrogen-bond donors (Lipinski definition) is 4. The minimum absolute atomic E-state index is 0.123. The van der Waals surface area contributed by atoms with Crippen LogP contribution in [0.3, 0.4) is 0 Å². The third-order valence-electron chi connectivity index (χ3n) is 7.27. The Bertz CT molecular complexity index is 1010. The fourth-order valence-electron chi connectivity index (χ4n) is 4.95. The van der Waals surface area contributed by atoms with Crippen molar-refractivity contribution in [3.63, 3.8) is 0 Å². The number of nitrogens with zero attached hydrogens (tertiary/aromatic N) is 2. The van der Waals surface area contributed by atoms with Gasteiger partial charge in [0.2, 0.25) is 17.7 Å². The molecule has 1 fully saturated rings. The van der Waals surface area contributed by atoms with Gasteiger partial charge in [0.05, 0.1) is 6.04 Å². The van der Waals surface area contributed by atoms with E-state index in [9.17, 15) is 24.3 Å². The maximum atomic E-state index is 13.8. The minimum Gasteiger partial charge on any atom is -0.465 e. The van der Waals surface area contributed by atoms with Crippen molar-refractivity contribution in [2.24, 2.45) is 11.1 Å². The van der Waals surface area contributed by atoms with Crippen molar-refractivity contribution >= 4 is 23.8 Å². The van der Waals surface area contributed by atoms with Gasteiger partial charge in [0.15, 0.2) is 0 Å². The Morgan fingerprint density at radius 3 is 2.50 bits per heavy atom. The highest BCUT2D eigenvalue weighted by Gasteiger charge is 2.45. The molecule has 1 aliphatic carbocycles. The minimum atomic E-state index is -1.25. The number of carbonyl (C=O) groups is 4. The lowest BCUT2D eigenvalue weighted by Gasteiger charge is -2.37. The van der Waals surface area contributed by atoms with E-state index in [0.717, 1.165) is 29.7 Å². The van der Waals surface area contributed by atoms with Gasteiger partial charge in [-0.3, -0.25) is 19.3 Å². The van der Waals surface area contributed by atoms with E-state index in [0.29, 0.717) is 6.42 Å². The molecule has 1 heterocycles. The Labute approximate surface area is 212 Å². The van der Waals surface area contributed by atoms with Gasteiger partial charge in [-0.2, -0.15) is 0 Å². The van der Waals surface area contributed by atoms with E-state index in [2.05, 4.69) is 16.7 Å². The Morgan fingerprint density at radius 1 is 1.19 bits per heavy atom. The normalized spacial score (nSPS) is 23.3. The number of likely N-dealkylation sites (tertiary alicyclic amines) is 1. The number of fused-ring (bicyclic) bond motifs is 1. The molecule has 1 saturated heterocycles. The Hall–Kier alpha value is -3.14. The van der Waals surface area contributed by atoms with Crippen molar-refractivity contribution in [2.45, 2.75) is 83.6 Å². The Kier molecular flexibility index (Phi) is 8.28. The van der Waals surface area contributed by atoms with Gasteiger partial charge >= 0.3 is 6.09 Å². The first-order chi connectivity index (χ1) is 16.8. The summed E-state index contributed by atoms with van der Waals surface area (Å²) in [6.07, 6.45) is 1.85. The zero-order valence-electron chi connectivity index (χ0n) is 21.8. The van der Waals surface area contributed by atoms with E-state index in [4.69, 9.17) is 5.73 Å². The van der Waals surface area contributed by atoms with Crippen molar-refractivity contribution < 1.29 is 24.3 Å². The van der Waals surface area contributed by atoms with Crippen molar-refractivity contribution in [3.05, 3.63) is 35.4 Å². The van der Waals surface area contributed by atoms with Crippen LogP contribution < -0.4 is 16.4 Å². The highest BCUT2D eigenvalue weighted by atomic mass is 16.4. The molecule has 0 radical (unpaired) electrons. The molecule has 0 unspecified atom stereocenters. The molecule has 0 spiro atoms. The number of hydrogen-bond acceptors (Lipinski definition) is 5. The largest absolute Gasteiger partial charge is 0.465 e. The smallest absolute Gasteiger partial charge is 0.407 e. The molecule has 2 aliphatic rings. The third kappa shape index (κ3) is 5.98. The van der Waals surface area contributed by atoms with Gasteiger partial charge in [0.1, 0.15) is 18.1 Å². The molecular weight excluding hydrogens is 462 g/mol. The summed E-state index contributed by atoms with van der Waals surface area (Å²) in [5.41, 5.74) is 7.84. The molecule has 4 amide bonds. The van der Waals surface area contributed by atoms with E-state index >= 15 is 0 Å². The number of likely N-dealkylation sites (N-methyl/N-ethyl adjacent to an activating group) is 1. The molecule has 36 heavy (non-hydrogen) atoms. The molecule has 10 heteroatoms. The number of carboxylic acid groups (broad SMARTS) is 1. The highest BCUT2D eigenvalue weighted by Crippen LogP contribution is 2.31. The topological polar surface area (TPSA) is 145 Å². The van der Waals surface area contributed by atoms with E-state index in [1.165, 1.54) is 24.4 Å². The van der Waals surface area contributed by atoms with Gasteiger partial charge < -0.3 is 26.4 Å². The number of nitrogens with one attached hydrogen (secondary N) is 2. The average Bonchev–Trinajstić information content (AvgIpc) is 3.22. The zero-order chi connectivity index (χ0) is 26.8. The lowest BCUT2D eigenvalue weighted by atomic mass is 9.85. The van der Waals surface area contributed by atoms with E-state index in [1.54, 1.807) is 0 Å². The fraction of sp³-hybridized carbons (Fsp3) is 0.615. The standard InChI is InChI=1S/C26H39N5O5/c1-15(30(5)25(35)36)22(32)29-21(26(2,3)4)24(34)31-14-17(27)13-20(31)23(33)28-19-12-8-10-16-9-6-7-11-18(16)19/h6-7,9,11,15,17,19-21H,8,10,12-14,27H2,1-5H3,(H,28,33)(H,29,32)(H,35,36)/t15-,17-,19+,20-,21+/m0/s1. The quantitative estimate of drug-likeness (QED) is 0.466. The molecule has 10 nitrogen and oxygen atoms in total. The molecular formula is C26H39N5O5. The molecule has 1 aromatic carbocycles. The van der Waals surface area contributed by atoms with Crippen LogP contribution >= 0.6 is 0 Å². The van der Waals surface area contributed by atoms with Gasteiger partial charge in [-0.25, -0.2) is 4.79 Å². The van der Waals surface area contributed by atoms with E-state index in [-0.39, 0.29) is 24.5 Å². The lowest BCUT2D eigenvalue weighted by molar-refractivity contribution is -0.144. The van der Waals surface area contributed by atoms with Crippen molar-refractivity contribution in [1.82, 2.24) is 20.4 Å². The van der Waals surface area contributed by atoms with Crippen molar-refractivity contribution in [2.75, 3.05) is 13.6 Å². The number of benzene rings is 1. The second kappa shape index (κ2) is 10.9. The molecule has 0 bridgehead atoms. The third-order valence-corrected chi connectivity index (χ3v) is 7.27. The molecule has 1 aliphatic heterocycles. The number of rotatable bonds is 6. The van der Waals surface area contributed by atoms with Crippen LogP contribution in [-0.2, 0) is 20.8 Å². The number of aryl methyl sites for hydroxylation is 1. The summed E-state index contributed by atoms with van der Waals surface area (Å²) in [7, 11) is 1.30. The molecule has 198 valence electrons. The van der Waals surface area contributed by atoms with Crippen LogP contribution in [0.5, 0.6) is 0 Å². The summed E-state index contributed by atoms with van der Waals surface area (Å²) in [6, 6.07) is 4.87. The summed E-state index contributed by atoms with van der Waals surface area (Å²) >= 11 is 0. The number of amides is 4. The summed E-state index contributed by atoms with van der Waals surface area (Å²) in [6.45, 7) is 7.09. The first kappa shape index (κ1) is 27.4. The van der Waals surface area contributed by atoms with Gasteiger partial charge in [-0.1, -0.05) is 45.0 Å². The zero-order valence-corrected chi connectivity index (χ0v) is 21.8. The van der Waals surface area contributed by atoms with Crippen molar-refractivity contribution in [3.8, 4) is 0 Å². The molecule has 1 aromatic rings. The van der Waals surface area contributed by atoms with Crippen LogP contribution in [-0.4, -0.2) is 76.5 Å². The predicted molar refractivity (Wildman–Crippen MR) is 135 cm³/mol. The van der Waals surface area contributed by atoms with E-state index < -0.39 is 41.4 Å². The Balaban J connectivity index is 1.78. The van der Waals surface area contributed by atoms with Crippen LogP contribution in [0.4, 0.5) is 4.79 Å². The summed E-state index contributed by atoms with van der Waals surface area (Å²) < 4.78 is 0. The first-order valence-electron chi connectivity index (χ1n) is 12.5. The van der Waals surface area contributed by atoms with Gasteiger partial charge in [0.25, 0.3) is 0 Å². The van der Waals surface area contributed by atoms with E-state index in [1.807, 2.05) is 39.0 Å². The van der Waals surface area contributed by atoms with Gasteiger partial charge in [0, 0.05) is 19.6 Å². The molecule has 3 rings (SSSR count). The second-order valence-corrected chi connectivity index (χ2v) is 11.0. The fourth-order valence-corrected chi connectivity index (χ4v) is 4.95. The molecule has 0 saturated carbocycles. The molecule has 0 aromatic heterocycles. The number of nitrogens with two attached hydrogens (primary N) is 1. The van der Waals surface area contributed by atoms with Gasteiger partial charge in [-0.15, -0.1) is 0 Å². The first-order valence-corrected chi connectivity index (χ1v) is 12.5. The van der Waals surface area contributed by atoms with Gasteiger partial charge in [-0.05, 0) is 49.1 Å². The SMILES string of the molecule is C[C@@H](C(=O)N[C@H](C(=O)N1C[C@@H](N)C[C@H]1C(=O)N[C@@H]1CCCc2ccccc21)C(C)(C)C)N(C)C(=O)O. The summed E-state index contributed by atoms with van der Waals surface area (Å²) in [5.74, 6) is -1.24. The molecule has 5 atom stereocenters. The lowest BCUT2D eigenvalue weighted by Crippen LogP contribution is -2.60. The van der Waals surface area contributed by atoms with Crippen molar-refractivity contribution in [1.29, 1.82) is 0 Å². The maximum absolute atomic E-state index is 13.8. The van der Waals surface area contributed by atoms with Crippen LogP contribution in [0.1, 0.15) is 64.1 Å². The summed E-state index contributed by atoms with van der Waals surface area (Å²) in [5, 5.41) is 15.1. The predicted octanol–water partition coefficient (Wildman–Crippen LogP) is 1.64. The van der Waals surface area contributed by atoms with Crippen LogP contribution in [0.25, 0.3) is 0 Å². The summed E-state index contributed by atoms with van der Waals surface area (Å²) in [4.78, 5) is 53.6.